The molecule has 3 N–H and O–H groups in total. The second-order valence-corrected chi connectivity index (χ2v) is 3.46. The monoisotopic (exact) mass is 196 g/mol. The second kappa shape index (κ2) is 5.45. The summed E-state index contributed by atoms with van der Waals surface area (Å²) in [5.74, 6) is 0. The van der Waals surface area contributed by atoms with Crippen LogP contribution in [0, 0.1) is 11.3 Å². The lowest BCUT2D eigenvalue weighted by atomic mass is 10.1. The zero-order valence-corrected chi connectivity index (χ0v) is 8.20. The molecule has 1 heterocycles. The van der Waals surface area contributed by atoms with E-state index < -0.39 is 0 Å². The number of carbonyl (C=O) groups is 1. The molecule has 1 saturated heterocycles. The number of piperidine rings is 1. The molecule has 2 amide bonds. The third kappa shape index (κ3) is 3.23. The number of nitriles is 1. The van der Waals surface area contributed by atoms with Gasteiger partial charge in [-0.1, -0.05) is 0 Å². The van der Waals surface area contributed by atoms with Crippen molar-refractivity contribution in [3.8, 4) is 6.07 Å². The summed E-state index contributed by atoms with van der Waals surface area (Å²) in [6, 6.07) is 2.18. The van der Waals surface area contributed by atoms with Gasteiger partial charge in [-0.25, -0.2) is 4.79 Å². The van der Waals surface area contributed by atoms with Gasteiger partial charge in [0, 0.05) is 32.1 Å². The van der Waals surface area contributed by atoms with Crippen molar-refractivity contribution in [2.75, 3.05) is 19.6 Å². The molecule has 0 unspecified atom stereocenters. The van der Waals surface area contributed by atoms with Crippen LogP contribution in [0.4, 0.5) is 4.79 Å². The normalized spacial score (nSPS) is 17.8. The molecular formula is C9H16N4O. The van der Waals surface area contributed by atoms with E-state index in [1.807, 2.05) is 0 Å². The SMILES string of the molecule is N#CCCNC1CCN(C(N)=O)CC1. The number of hydrogen-bond acceptors (Lipinski definition) is 3. The highest BCUT2D eigenvalue weighted by atomic mass is 16.2. The molecule has 0 atom stereocenters. The first-order valence-electron chi connectivity index (χ1n) is 4.88. The van der Waals surface area contributed by atoms with Gasteiger partial charge in [0.1, 0.15) is 0 Å². The van der Waals surface area contributed by atoms with E-state index in [1.165, 1.54) is 0 Å². The fourth-order valence-corrected chi connectivity index (χ4v) is 1.64. The maximum atomic E-state index is 10.8. The maximum Gasteiger partial charge on any atom is 0.314 e. The molecule has 1 fully saturated rings. The van der Waals surface area contributed by atoms with Crippen molar-refractivity contribution >= 4 is 6.03 Å². The van der Waals surface area contributed by atoms with Crippen LogP contribution < -0.4 is 11.1 Å². The largest absolute Gasteiger partial charge is 0.351 e. The molecule has 78 valence electrons. The van der Waals surface area contributed by atoms with Gasteiger partial charge in [-0.15, -0.1) is 0 Å². The van der Waals surface area contributed by atoms with E-state index in [0.717, 1.165) is 32.5 Å². The highest BCUT2D eigenvalue weighted by molar-refractivity contribution is 5.72. The van der Waals surface area contributed by atoms with Crippen LogP contribution in [-0.2, 0) is 0 Å². The average molecular weight is 196 g/mol. The molecule has 5 heteroatoms. The number of urea groups is 1. The zero-order valence-electron chi connectivity index (χ0n) is 8.20. The van der Waals surface area contributed by atoms with E-state index in [4.69, 9.17) is 11.0 Å². The quantitative estimate of drug-likeness (QED) is 0.625. The lowest BCUT2D eigenvalue weighted by Crippen LogP contribution is -2.46. The van der Waals surface area contributed by atoms with Crippen LogP contribution in [0.2, 0.25) is 0 Å². The number of amides is 2. The van der Waals surface area contributed by atoms with Crippen molar-refractivity contribution in [3.63, 3.8) is 0 Å². The molecule has 0 aromatic carbocycles. The molecule has 0 spiro atoms. The summed E-state index contributed by atoms with van der Waals surface area (Å²) in [6.07, 6.45) is 2.39. The highest BCUT2D eigenvalue weighted by Gasteiger charge is 2.20. The van der Waals surface area contributed by atoms with Crippen molar-refractivity contribution < 1.29 is 4.79 Å². The molecule has 1 aliphatic rings. The Bertz CT molecular complexity index is 227. The molecule has 0 saturated carbocycles. The van der Waals surface area contributed by atoms with Crippen LogP contribution in [0.25, 0.3) is 0 Å². The topological polar surface area (TPSA) is 82.2 Å². The van der Waals surface area contributed by atoms with Gasteiger partial charge in [-0.2, -0.15) is 5.26 Å². The zero-order chi connectivity index (χ0) is 10.4. The van der Waals surface area contributed by atoms with Gasteiger partial charge >= 0.3 is 6.03 Å². The summed E-state index contributed by atoms with van der Waals surface area (Å²) < 4.78 is 0. The predicted molar refractivity (Wildman–Crippen MR) is 52.4 cm³/mol. The Morgan fingerprint density at radius 3 is 2.71 bits per heavy atom. The molecule has 0 aromatic rings. The molecule has 0 aromatic heterocycles. The van der Waals surface area contributed by atoms with Gasteiger partial charge < -0.3 is 16.0 Å². The summed E-state index contributed by atoms with van der Waals surface area (Å²) in [7, 11) is 0. The van der Waals surface area contributed by atoms with Gasteiger partial charge in [0.25, 0.3) is 0 Å². The Morgan fingerprint density at radius 2 is 2.21 bits per heavy atom. The minimum Gasteiger partial charge on any atom is -0.351 e. The lowest BCUT2D eigenvalue weighted by Gasteiger charge is -2.31. The molecule has 1 rings (SSSR count). The first-order chi connectivity index (χ1) is 6.74. The summed E-state index contributed by atoms with van der Waals surface area (Å²) >= 11 is 0. The fourth-order valence-electron chi connectivity index (χ4n) is 1.64. The third-order valence-electron chi connectivity index (χ3n) is 2.48. The number of nitrogens with two attached hydrogens (primary N) is 1. The van der Waals surface area contributed by atoms with Gasteiger partial charge in [0.05, 0.1) is 6.07 Å². The Labute approximate surface area is 83.9 Å². The molecule has 1 aliphatic heterocycles. The molecular weight excluding hydrogens is 180 g/mol. The van der Waals surface area contributed by atoms with Crippen LogP contribution >= 0.6 is 0 Å². The number of primary amides is 1. The van der Waals surface area contributed by atoms with Gasteiger partial charge in [-0.3, -0.25) is 0 Å². The average Bonchev–Trinajstić information content (AvgIpc) is 2.19. The smallest absolute Gasteiger partial charge is 0.314 e. The van der Waals surface area contributed by atoms with Crippen molar-refractivity contribution in [2.45, 2.75) is 25.3 Å². The van der Waals surface area contributed by atoms with Crippen LogP contribution in [0.15, 0.2) is 0 Å². The number of rotatable bonds is 3. The van der Waals surface area contributed by atoms with Crippen molar-refractivity contribution in [1.82, 2.24) is 10.2 Å². The number of nitrogens with zero attached hydrogens (tertiary/aromatic N) is 2. The number of hydrogen-bond donors (Lipinski definition) is 2. The lowest BCUT2D eigenvalue weighted by molar-refractivity contribution is 0.185. The fraction of sp³-hybridized carbons (Fsp3) is 0.778. The Kier molecular flexibility index (Phi) is 4.20. The summed E-state index contributed by atoms with van der Waals surface area (Å²) in [4.78, 5) is 12.5. The Balaban J connectivity index is 2.16. The molecule has 0 bridgehead atoms. The van der Waals surface area contributed by atoms with Crippen molar-refractivity contribution in [2.24, 2.45) is 5.73 Å². The van der Waals surface area contributed by atoms with Gasteiger partial charge in [0.15, 0.2) is 0 Å². The second-order valence-electron chi connectivity index (χ2n) is 3.46. The van der Waals surface area contributed by atoms with Crippen molar-refractivity contribution in [3.05, 3.63) is 0 Å². The highest BCUT2D eigenvalue weighted by Crippen LogP contribution is 2.09. The van der Waals surface area contributed by atoms with Crippen LogP contribution in [0.5, 0.6) is 0 Å². The predicted octanol–water partition coefficient (Wildman–Crippen LogP) is 0.0328. The standard InChI is InChI=1S/C9H16N4O/c10-4-1-5-12-8-2-6-13(7-3-8)9(11)14/h8,12H,1-3,5-7H2,(H2,11,14). The Hall–Kier alpha value is -1.28. The number of likely N-dealkylation sites (tertiary alicyclic amines) is 1. The van der Waals surface area contributed by atoms with E-state index in [2.05, 4.69) is 11.4 Å². The van der Waals surface area contributed by atoms with Gasteiger partial charge in [-0.05, 0) is 12.8 Å². The van der Waals surface area contributed by atoms with E-state index >= 15 is 0 Å². The van der Waals surface area contributed by atoms with E-state index in [9.17, 15) is 4.79 Å². The minimum atomic E-state index is -0.333. The molecule has 5 nitrogen and oxygen atoms in total. The first-order valence-corrected chi connectivity index (χ1v) is 4.88. The summed E-state index contributed by atoms with van der Waals surface area (Å²) in [5, 5.41) is 11.6. The summed E-state index contributed by atoms with van der Waals surface area (Å²) in [5.41, 5.74) is 5.16. The van der Waals surface area contributed by atoms with E-state index in [1.54, 1.807) is 4.90 Å². The Morgan fingerprint density at radius 1 is 1.57 bits per heavy atom. The molecule has 14 heavy (non-hydrogen) atoms. The van der Waals surface area contributed by atoms with Gasteiger partial charge in [0.2, 0.25) is 0 Å². The molecule has 0 aliphatic carbocycles. The van der Waals surface area contributed by atoms with E-state index in [0.29, 0.717) is 12.5 Å². The van der Waals surface area contributed by atoms with Crippen LogP contribution in [-0.4, -0.2) is 36.6 Å². The molecule has 0 radical (unpaired) electrons. The number of carbonyl (C=O) groups excluding carboxylic acids is 1. The number of nitrogens with one attached hydrogen (secondary N) is 1. The summed E-state index contributed by atoms with van der Waals surface area (Å²) in [6.45, 7) is 2.18. The third-order valence-corrected chi connectivity index (χ3v) is 2.48. The maximum absolute atomic E-state index is 10.8. The van der Waals surface area contributed by atoms with Crippen LogP contribution in [0.1, 0.15) is 19.3 Å². The van der Waals surface area contributed by atoms with E-state index in [-0.39, 0.29) is 6.03 Å². The van der Waals surface area contributed by atoms with Crippen LogP contribution in [0.3, 0.4) is 0 Å². The van der Waals surface area contributed by atoms with Crippen molar-refractivity contribution in [1.29, 1.82) is 5.26 Å². The minimum absolute atomic E-state index is 0.333. The first kappa shape index (κ1) is 10.8.